The lowest BCUT2D eigenvalue weighted by atomic mass is 10.00. The minimum atomic E-state index is -1.03. The van der Waals surface area contributed by atoms with Gasteiger partial charge >= 0.3 is 5.97 Å². The third-order valence-corrected chi connectivity index (χ3v) is 6.71. The van der Waals surface area contributed by atoms with Gasteiger partial charge in [-0.05, 0) is 47.9 Å². The number of carbonyl (C=O) groups excluding carboxylic acids is 2. The molecule has 0 saturated carbocycles. The van der Waals surface area contributed by atoms with Crippen molar-refractivity contribution in [3.63, 3.8) is 0 Å². The van der Waals surface area contributed by atoms with Crippen molar-refractivity contribution in [3.8, 4) is 11.5 Å². The largest absolute Gasteiger partial charge is 0.496 e. The van der Waals surface area contributed by atoms with Crippen molar-refractivity contribution in [2.45, 2.75) is 25.3 Å². The molecule has 3 N–H and O–H groups in total. The summed E-state index contributed by atoms with van der Waals surface area (Å²) >= 11 is 0. The van der Waals surface area contributed by atoms with E-state index in [4.69, 9.17) is 9.47 Å². The minimum absolute atomic E-state index is 0.0703. The molecule has 0 aliphatic rings. The summed E-state index contributed by atoms with van der Waals surface area (Å²) in [5.74, 6) is 0.0981. The Bertz CT molecular complexity index is 1490. The second-order valence-electron chi connectivity index (χ2n) is 9.63. The van der Waals surface area contributed by atoms with Crippen LogP contribution in [0, 0.1) is 0 Å². The summed E-state index contributed by atoms with van der Waals surface area (Å²) in [4.78, 5) is 37.4. The molecular formula is C34H34N2O6. The Morgan fingerprint density at radius 1 is 0.833 bits per heavy atom. The number of hydrogen-bond acceptors (Lipinski definition) is 6. The van der Waals surface area contributed by atoms with E-state index in [1.807, 2.05) is 30.3 Å². The van der Waals surface area contributed by atoms with Gasteiger partial charge in [0.15, 0.2) is 5.78 Å². The smallest absolute Gasteiger partial charge is 0.326 e. The molecule has 0 heterocycles. The zero-order valence-electron chi connectivity index (χ0n) is 23.4. The monoisotopic (exact) mass is 566 g/mol. The number of carbonyl (C=O) groups is 3. The highest BCUT2D eigenvalue weighted by Crippen LogP contribution is 2.22. The van der Waals surface area contributed by atoms with E-state index in [2.05, 4.69) is 10.6 Å². The van der Waals surface area contributed by atoms with Crippen LogP contribution in [0.2, 0.25) is 0 Å². The Labute approximate surface area is 245 Å². The third kappa shape index (κ3) is 8.44. The standard InChI is InChI=1S/C34H34N2O6/c1-41-31-14-8-5-9-25(31)17-20-32(37)35-21-22-42-27-18-15-24(16-19-27)23-30(34(39)40)36-29-13-7-6-12-28(29)33(38)26-10-3-2-4-11-26/h2-16,18-19,30,36H,17,20-23H2,1H3,(H,35,37)(H,39,40)/t30-/m0/s1. The molecule has 4 aromatic rings. The van der Waals surface area contributed by atoms with Crippen molar-refractivity contribution in [1.82, 2.24) is 5.32 Å². The zero-order chi connectivity index (χ0) is 29.7. The number of anilines is 1. The first-order valence-corrected chi connectivity index (χ1v) is 13.7. The first-order chi connectivity index (χ1) is 20.4. The molecular weight excluding hydrogens is 532 g/mol. The zero-order valence-corrected chi connectivity index (χ0v) is 23.4. The predicted octanol–water partition coefficient (Wildman–Crippen LogP) is 5.16. The summed E-state index contributed by atoms with van der Waals surface area (Å²) in [6.45, 7) is 0.657. The quantitative estimate of drug-likeness (QED) is 0.135. The van der Waals surface area contributed by atoms with Crippen LogP contribution < -0.4 is 20.1 Å². The Hall–Kier alpha value is -5.11. The van der Waals surface area contributed by atoms with E-state index in [1.165, 1.54) is 0 Å². The number of amides is 1. The van der Waals surface area contributed by atoms with Gasteiger partial charge in [-0.15, -0.1) is 0 Å². The molecule has 1 amide bonds. The lowest BCUT2D eigenvalue weighted by molar-refractivity contribution is -0.137. The fourth-order valence-corrected chi connectivity index (χ4v) is 4.50. The highest BCUT2D eigenvalue weighted by molar-refractivity contribution is 6.12. The fourth-order valence-electron chi connectivity index (χ4n) is 4.50. The van der Waals surface area contributed by atoms with E-state index in [1.54, 1.807) is 79.9 Å². The lowest BCUT2D eigenvalue weighted by Crippen LogP contribution is -2.32. The van der Waals surface area contributed by atoms with Crippen molar-refractivity contribution in [2.24, 2.45) is 0 Å². The average molecular weight is 567 g/mol. The van der Waals surface area contributed by atoms with E-state index < -0.39 is 12.0 Å². The molecule has 8 heteroatoms. The molecule has 0 unspecified atom stereocenters. The molecule has 0 aliphatic heterocycles. The molecule has 0 saturated heterocycles. The first kappa shape index (κ1) is 29.9. The molecule has 0 fully saturated rings. The molecule has 0 bridgehead atoms. The van der Waals surface area contributed by atoms with Gasteiger partial charge in [-0.1, -0.05) is 72.8 Å². The van der Waals surface area contributed by atoms with Crippen molar-refractivity contribution < 1.29 is 29.0 Å². The van der Waals surface area contributed by atoms with Gasteiger partial charge in [0.2, 0.25) is 5.91 Å². The maximum atomic E-state index is 13.0. The van der Waals surface area contributed by atoms with Crippen molar-refractivity contribution >= 4 is 23.3 Å². The third-order valence-electron chi connectivity index (χ3n) is 6.71. The topological polar surface area (TPSA) is 114 Å². The highest BCUT2D eigenvalue weighted by Gasteiger charge is 2.21. The number of hydrogen-bond donors (Lipinski definition) is 3. The average Bonchev–Trinajstić information content (AvgIpc) is 3.03. The molecule has 42 heavy (non-hydrogen) atoms. The van der Waals surface area contributed by atoms with Crippen molar-refractivity contribution in [1.29, 1.82) is 0 Å². The molecule has 216 valence electrons. The first-order valence-electron chi connectivity index (χ1n) is 13.7. The van der Waals surface area contributed by atoms with Gasteiger partial charge in [-0.2, -0.15) is 0 Å². The van der Waals surface area contributed by atoms with Gasteiger partial charge in [-0.25, -0.2) is 4.79 Å². The van der Waals surface area contributed by atoms with Crippen molar-refractivity contribution in [3.05, 3.63) is 125 Å². The van der Waals surface area contributed by atoms with Gasteiger partial charge < -0.3 is 25.2 Å². The van der Waals surface area contributed by atoms with Gasteiger partial charge in [0.05, 0.1) is 13.7 Å². The predicted molar refractivity (Wildman–Crippen MR) is 161 cm³/mol. The number of para-hydroxylation sites is 2. The molecule has 1 atom stereocenters. The second kappa shape index (κ2) is 15.0. The highest BCUT2D eigenvalue weighted by atomic mass is 16.5. The molecule has 0 aliphatic carbocycles. The van der Waals surface area contributed by atoms with E-state index in [0.717, 1.165) is 16.9 Å². The summed E-state index contributed by atoms with van der Waals surface area (Å²) in [6, 6.07) is 29.6. The van der Waals surface area contributed by atoms with Gasteiger partial charge in [0.25, 0.3) is 0 Å². The SMILES string of the molecule is COc1ccccc1CCC(=O)NCCOc1ccc(C[C@H](Nc2ccccc2C(=O)c2ccccc2)C(=O)O)cc1. The number of aliphatic carboxylic acids is 1. The minimum Gasteiger partial charge on any atom is -0.496 e. The maximum Gasteiger partial charge on any atom is 0.326 e. The number of carboxylic acid groups (broad SMARTS) is 1. The summed E-state index contributed by atoms with van der Waals surface area (Å²) in [6.07, 6.45) is 1.13. The molecule has 4 aromatic carbocycles. The second-order valence-corrected chi connectivity index (χ2v) is 9.63. The normalized spacial score (nSPS) is 11.3. The molecule has 4 rings (SSSR count). The van der Waals surface area contributed by atoms with Crippen LogP contribution in [0.25, 0.3) is 0 Å². The molecule has 8 nitrogen and oxygen atoms in total. The van der Waals surface area contributed by atoms with E-state index in [9.17, 15) is 19.5 Å². The maximum absolute atomic E-state index is 13.0. The Morgan fingerprint density at radius 2 is 1.52 bits per heavy atom. The Morgan fingerprint density at radius 3 is 2.26 bits per heavy atom. The van der Waals surface area contributed by atoms with Crippen LogP contribution >= 0.6 is 0 Å². The number of ether oxygens (including phenoxy) is 2. The number of aryl methyl sites for hydroxylation is 1. The number of nitrogens with one attached hydrogen (secondary N) is 2. The van der Waals surface area contributed by atoms with Crippen LogP contribution in [-0.2, 0) is 22.4 Å². The molecule has 0 aromatic heterocycles. The number of rotatable bonds is 15. The Balaban J connectivity index is 1.26. The number of benzene rings is 4. The van der Waals surface area contributed by atoms with Gasteiger partial charge in [-0.3, -0.25) is 9.59 Å². The summed E-state index contributed by atoms with van der Waals surface area (Å²) in [7, 11) is 1.61. The van der Waals surface area contributed by atoms with Crippen molar-refractivity contribution in [2.75, 3.05) is 25.6 Å². The fraction of sp³-hybridized carbons (Fsp3) is 0.206. The van der Waals surface area contributed by atoms with Gasteiger partial charge in [0, 0.05) is 29.7 Å². The Kier molecular flexibility index (Phi) is 10.7. The summed E-state index contributed by atoms with van der Waals surface area (Å²) in [5.41, 5.74) is 3.17. The summed E-state index contributed by atoms with van der Waals surface area (Å²) < 4.78 is 11.1. The number of methoxy groups -OCH3 is 1. The summed E-state index contributed by atoms with van der Waals surface area (Å²) in [5, 5.41) is 15.8. The van der Waals surface area contributed by atoms with Gasteiger partial charge in [0.1, 0.15) is 24.1 Å². The molecule has 0 radical (unpaired) electrons. The van der Waals surface area contributed by atoms with Crippen LogP contribution in [0.4, 0.5) is 5.69 Å². The molecule has 0 spiro atoms. The number of carboxylic acids is 1. The van der Waals surface area contributed by atoms with Crippen LogP contribution in [0.15, 0.2) is 103 Å². The van der Waals surface area contributed by atoms with E-state index >= 15 is 0 Å². The van der Waals surface area contributed by atoms with Crippen LogP contribution in [0.5, 0.6) is 11.5 Å². The van der Waals surface area contributed by atoms with E-state index in [0.29, 0.717) is 48.6 Å². The van der Waals surface area contributed by atoms with Crippen LogP contribution in [0.1, 0.15) is 33.5 Å². The number of ketones is 1. The van der Waals surface area contributed by atoms with Crippen LogP contribution in [-0.4, -0.2) is 49.1 Å². The van der Waals surface area contributed by atoms with E-state index in [-0.39, 0.29) is 18.1 Å². The lowest BCUT2D eigenvalue weighted by Gasteiger charge is -2.18. The van der Waals surface area contributed by atoms with Crippen LogP contribution in [0.3, 0.4) is 0 Å².